The Morgan fingerprint density at radius 2 is 1.72 bits per heavy atom. The van der Waals surface area contributed by atoms with E-state index < -0.39 is 5.69 Å². The molecule has 0 bridgehead atoms. The predicted octanol–water partition coefficient (Wildman–Crippen LogP) is 1.28. The zero-order valence-corrected chi connectivity index (χ0v) is 17.7. The lowest BCUT2D eigenvalue weighted by Crippen LogP contribution is -2.47. The van der Waals surface area contributed by atoms with Crippen LogP contribution in [0.4, 0.5) is 5.95 Å². The molecule has 1 aromatic carbocycles. The van der Waals surface area contributed by atoms with Gasteiger partial charge >= 0.3 is 5.69 Å². The van der Waals surface area contributed by atoms with Gasteiger partial charge in [-0.15, -0.1) is 0 Å². The number of rotatable bonds is 4. The minimum atomic E-state index is -0.400. The van der Waals surface area contributed by atoms with Crippen molar-refractivity contribution in [2.45, 2.75) is 13.5 Å². The van der Waals surface area contributed by atoms with Crippen LogP contribution < -0.4 is 16.1 Å². The molecule has 0 amide bonds. The number of aromatic nitrogens is 4. The number of halogens is 1. The first-order chi connectivity index (χ1) is 13.9. The van der Waals surface area contributed by atoms with Gasteiger partial charge in [-0.1, -0.05) is 36.7 Å². The molecule has 0 radical (unpaired) electrons. The summed E-state index contributed by atoms with van der Waals surface area (Å²) in [4.78, 5) is 35.4. The van der Waals surface area contributed by atoms with Crippen LogP contribution in [-0.2, 0) is 20.6 Å². The lowest BCUT2D eigenvalue weighted by molar-refractivity contribution is 0.269. The molecule has 8 nitrogen and oxygen atoms in total. The van der Waals surface area contributed by atoms with Crippen LogP contribution in [-0.4, -0.2) is 56.3 Å². The van der Waals surface area contributed by atoms with Gasteiger partial charge in [0.25, 0.3) is 5.56 Å². The lowest BCUT2D eigenvalue weighted by atomic mass is 10.2. The van der Waals surface area contributed by atoms with Gasteiger partial charge in [-0.2, -0.15) is 4.98 Å². The first-order valence-corrected chi connectivity index (χ1v) is 10.2. The highest BCUT2D eigenvalue weighted by atomic mass is 35.5. The second kappa shape index (κ2) is 7.68. The molecule has 0 saturated carbocycles. The number of hydrogen-bond acceptors (Lipinski definition) is 5. The van der Waals surface area contributed by atoms with E-state index in [1.165, 1.54) is 9.13 Å². The smallest absolute Gasteiger partial charge is 0.332 e. The van der Waals surface area contributed by atoms with E-state index in [9.17, 15) is 9.59 Å². The second-order valence-electron chi connectivity index (χ2n) is 7.39. The summed E-state index contributed by atoms with van der Waals surface area (Å²) in [7, 11) is 3.49. The number of hydrogen-bond donors (Lipinski definition) is 0. The summed E-state index contributed by atoms with van der Waals surface area (Å²) in [6.07, 6.45) is 0. The van der Waals surface area contributed by atoms with E-state index in [1.54, 1.807) is 13.1 Å². The van der Waals surface area contributed by atoms with Crippen molar-refractivity contribution >= 4 is 28.7 Å². The SMILES string of the molecule is CCN1CCN(c2nc3c(c(=O)n(Cc4ccccc4Cl)c(=O)n3C)n2C)CC1. The highest BCUT2D eigenvalue weighted by Gasteiger charge is 2.24. The summed E-state index contributed by atoms with van der Waals surface area (Å²) in [6, 6.07) is 7.23. The molecule has 1 saturated heterocycles. The Morgan fingerprint density at radius 3 is 2.38 bits per heavy atom. The largest absolute Gasteiger partial charge is 0.340 e. The number of aryl methyl sites for hydroxylation is 2. The molecule has 2 aromatic heterocycles. The van der Waals surface area contributed by atoms with Crippen molar-refractivity contribution < 1.29 is 0 Å². The van der Waals surface area contributed by atoms with Gasteiger partial charge in [0.05, 0.1) is 6.54 Å². The Morgan fingerprint density at radius 1 is 1.03 bits per heavy atom. The third kappa shape index (κ3) is 3.36. The molecule has 0 N–H and O–H groups in total. The highest BCUT2D eigenvalue weighted by molar-refractivity contribution is 6.31. The maximum Gasteiger partial charge on any atom is 0.332 e. The molecule has 1 aliphatic heterocycles. The summed E-state index contributed by atoms with van der Waals surface area (Å²) in [5.41, 5.74) is 0.808. The molecule has 0 atom stereocenters. The molecular formula is C20H25ClN6O2. The number of fused-ring (bicyclic) bond motifs is 1. The van der Waals surface area contributed by atoms with Crippen molar-refractivity contribution in [2.75, 3.05) is 37.6 Å². The average molecular weight is 417 g/mol. The molecule has 3 aromatic rings. The Hall–Kier alpha value is -2.58. The molecule has 0 aliphatic carbocycles. The topological polar surface area (TPSA) is 68.3 Å². The van der Waals surface area contributed by atoms with Crippen molar-refractivity contribution in [1.29, 1.82) is 0 Å². The number of piperazine rings is 1. The van der Waals surface area contributed by atoms with Crippen LogP contribution in [0.15, 0.2) is 33.9 Å². The molecule has 4 rings (SSSR count). The van der Waals surface area contributed by atoms with Crippen LogP contribution in [0, 0.1) is 0 Å². The van der Waals surface area contributed by atoms with Gasteiger partial charge in [0.1, 0.15) is 0 Å². The van der Waals surface area contributed by atoms with E-state index >= 15 is 0 Å². The molecule has 3 heterocycles. The summed E-state index contributed by atoms with van der Waals surface area (Å²) < 4.78 is 4.48. The number of nitrogens with zero attached hydrogens (tertiary/aromatic N) is 6. The first-order valence-electron chi connectivity index (χ1n) is 9.79. The van der Waals surface area contributed by atoms with E-state index in [-0.39, 0.29) is 12.1 Å². The molecule has 29 heavy (non-hydrogen) atoms. The maximum atomic E-state index is 13.3. The third-order valence-corrected chi connectivity index (χ3v) is 6.09. The average Bonchev–Trinajstić information content (AvgIpc) is 3.08. The van der Waals surface area contributed by atoms with Gasteiger partial charge in [0.15, 0.2) is 11.2 Å². The Labute approximate surface area is 173 Å². The monoisotopic (exact) mass is 416 g/mol. The van der Waals surface area contributed by atoms with Crippen LogP contribution in [0.25, 0.3) is 11.2 Å². The van der Waals surface area contributed by atoms with Crippen molar-refractivity contribution in [3.05, 3.63) is 55.7 Å². The fraction of sp³-hybridized carbons (Fsp3) is 0.450. The lowest BCUT2D eigenvalue weighted by Gasteiger charge is -2.34. The van der Waals surface area contributed by atoms with Crippen molar-refractivity contribution in [1.82, 2.24) is 23.6 Å². The van der Waals surface area contributed by atoms with Crippen LogP contribution >= 0.6 is 11.6 Å². The molecule has 154 valence electrons. The Bertz CT molecular complexity index is 1170. The van der Waals surface area contributed by atoms with E-state index in [2.05, 4.69) is 21.7 Å². The molecule has 1 fully saturated rings. The minimum Gasteiger partial charge on any atom is -0.340 e. The van der Waals surface area contributed by atoms with Gasteiger partial charge in [-0.3, -0.25) is 13.9 Å². The summed E-state index contributed by atoms with van der Waals surface area (Å²) in [5, 5.41) is 0.529. The molecule has 0 unspecified atom stereocenters. The van der Waals surface area contributed by atoms with Gasteiger partial charge in [0.2, 0.25) is 5.95 Å². The van der Waals surface area contributed by atoms with Crippen LogP contribution in [0.3, 0.4) is 0 Å². The van der Waals surface area contributed by atoms with E-state index in [1.807, 2.05) is 29.8 Å². The van der Waals surface area contributed by atoms with Gasteiger partial charge in [-0.25, -0.2) is 4.79 Å². The maximum absolute atomic E-state index is 13.3. The summed E-state index contributed by atoms with van der Waals surface area (Å²) in [6.45, 7) is 6.89. The van der Waals surface area contributed by atoms with E-state index in [4.69, 9.17) is 11.6 Å². The van der Waals surface area contributed by atoms with E-state index in [0.29, 0.717) is 16.2 Å². The fourth-order valence-corrected chi connectivity index (χ4v) is 4.11. The summed E-state index contributed by atoms with van der Waals surface area (Å²) >= 11 is 6.25. The van der Waals surface area contributed by atoms with Crippen molar-refractivity contribution in [3.63, 3.8) is 0 Å². The molecule has 1 aliphatic rings. The quantitative estimate of drug-likeness (QED) is 0.640. The second-order valence-corrected chi connectivity index (χ2v) is 7.80. The molecule has 0 spiro atoms. The molecule has 9 heteroatoms. The standard InChI is InChI=1S/C20H25ClN6O2/c1-4-25-9-11-26(12-10-25)19-22-17-16(23(19)2)18(28)27(20(29)24(17)3)13-14-7-5-6-8-15(14)21/h5-8H,4,9-13H2,1-3H3. The van der Waals surface area contributed by atoms with Crippen LogP contribution in [0.1, 0.15) is 12.5 Å². The van der Waals surface area contributed by atoms with Crippen molar-refractivity contribution in [3.8, 4) is 0 Å². The summed E-state index contributed by atoms with van der Waals surface area (Å²) in [5.74, 6) is 0.721. The van der Waals surface area contributed by atoms with Gasteiger partial charge in [0, 0.05) is 45.3 Å². The Balaban J connectivity index is 1.81. The van der Waals surface area contributed by atoms with Crippen LogP contribution in [0.2, 0.25) is 5.02 Å². The van der Waals surface area contributed by atoms with Crippen molar-refractivity contribution in [2.24, 2.45) is 14.1 Å². The predicted molar refractivity (Wildman–Crippen MR) is 115 cm³/mol. The van der Waals surface area contributed by atoms with E-state index in [0.717, 1.165) is 44.2 Å². The van der Waals surface area contributed by atoms with Crippen LogP contribution in [0.5, 0.6) is 0 Å². The zero-order valence-electron chi connectivity index (χ0n) is 16.9. The first kappa shape index (κ1) is 19.7. The number of likely N-dealkylation sites (N-methyl/N-ethyl adjacent to an activating group) is 1. The highest BCUT2D eigenvalue weighted by Crippen LogP contribution is 2.20. The Kier molecular flexibility index (Phi) is 5.23. The normalized spacial score (nSPS) is 15.4. The fourth-order valence-electron chi connectivity index (χ4n) is 3.92. The number of imidazole rings is 1. The third-order valence-electron chi connectivity index (χ3n) is 5.73. The van der Waals surface area contributed by atoms with Gasteiger partial charge < -0.3 is 14.4 Å². The number of anilines is 1. The van der Waals surface area contributed by atoms with Gasteiger partial charge in [-0.05, 0) is 18.2 Å². The number of benzene rings is 1. The molecular weight excluding hydrogens is 392 g/mol. The minimum absolute atomic E-state index is 0.122. The zero-order chi connectivity index (χ0) is 20.7.